The highest BCUT2D eigenvalue weighted by molar-refractivity contribution is 5.51. The van der Waals surface area contributed by atoms with Crippen LogP contribution in [0.1, 0.15) is 141 Å². The van der Waals surface area contributed by atoms with Crippen LogP contribution < -0.4 is 0 Å². The summed E-state index contributed by atoms with van der Waals surface area (Å²) in [6.45, 7) is 26.7. The van der Waals surface area contributed by atoms with E-state index in [4.69, 9.17) is 0 Å². The fourth-order valence-electron chi connectivity index (χ4n) is 4.18. The smallest absolute Gasteiger partial charge is 0.0219 e. The lowest BCUT2D eigenvalue weighted by atomic mass is 9.97. The average molecular weight is 567 g/mol. The van der Waals surface area contributed by atoms with E-state index in [2.05, 4.69) is 180 Å². The molecule has 0 N–H and O–H groups in total. The first kappa shape index (κ1) is 37.2. The lowest BCUT2D eigenvalue weighted by molar-refractivity contribution is 0.586. The summed E-state index contributed by atoms with van der Waals surface area (Å²) < 4.78 is 0. The van der Waals surface area contributed by atoms with E-state index in [0.29, 0.717) is 29.6 Å². The molecule has 0 spiro atoms. The molecule has 0 heterocycles. The van der Waals surface area contributed by atoms with Gasteiger partial charge in [-0.3, -0.25) is 0 Å². The van der Waals surface area contributed by atoms with E-state index in [1.165, 1.54) is 46.2 Å². The first-order chi connectivity index (χ1) is 19.8. The van der Waals surface area contributed by atoms with Gasteiger partial charge in [0.05, 0.1) is 0 Å². The van der Waals surface area contributed by atoms with Crippen molar-refractivity contribution in [3.63, 3.8) is 0 Å². The van der Waals surface area contributed by atoms with E-state index in [9.17, 15) is 0 Å². The van der Waals surface area contributed by atoms with E-state index in [0.717, 1.165) is 5.92 Å². The number of rotatable bonds is 10. The molecule has 0 atom stereocenters. The zero-order valence-corrected chi connectivity index (χ0v) is 29.1. The van der Waals surface area contributed by atoms with Gasteiger partial charge in [0.25, 0.3) is 0 Å². The molecule has 0 radical (unpaired) electrons. The highest BCUT2D eigenvalue weighted by atomic mass is 14.1. The molecule has 3 rings (SSSR count). The monoisotopic (exact) mass is 566 g/mol. The molecule has 0 saturated carbocycles. The fourth-order valence-corrected chi connectivity index (χ4v) is 4.18. The Labute approximate surface area is 261 Å². The highest BCUT2D eigenvalue weighted by Crippen LogP contribution is 2.19. The van der Waals surface area contributed by atoms with E-state index in [1.54, 1.807) is 0 Å². The molecule has 0 aliphatic heterocycles. The fraction of sp³-hybridized carbons (Fsp3) is 0.476. The predicted molar refractivity (Wildman–Crippen MR) is 192 cm³/mol. The van der Waals surface area contributed by atoms with Crippen LogP contribution in [0.4, 0.5) is 0 Å². The van der Waals surface area contributed by atoms with Crippen LogP contribution in [0.3, 0.4) is 0 Å². The summed E-state index contributed by atoms with van der Waals surface area (Å²) in [6.07, 6.45) is 11.4. The number of hydrogen-bond acceptors (Lipinski definition) is 0. The summed E-state index contributed by atoms with van der Waals surface area (Å²) in [4.78, 5) is 0. The topological polar surface area (TPSA) is 0 Å². The van der Waals surface area contributed by atoms with E-state index in [1.807, 2.05) is 0 Å². The Morgan fingerprint density at radius 1 is 0.476 bits per heavy atom. The third-order valence-electron chi connectivity index (χ3n) is 7.16. The van der Waals surface area contributed by atoms with Crippen LogP contribution in [0.5, 0.6) is 0 Å². The summed E-state index contributed by atoms with van der Waals surface area (Å²) in [5.74, 6) is 3.93. The summed E-state index contributed by atoms with van der Waals surface area (Å²) in [5.41, 5.74) is 8.38. The molecular formula is C42H62. The Morgan fingerprint density at radius 3 is 1.43 bits per heavy atom. The molecule has 0 nitrogen and oxygen atoms in total. The lowest BCUT2D eigenvalue weighted by Gasteiger charge is -2.09. The molecule has 0 aromatic heterocycles. The molecule has 0 aliphatic carbocycles. The number of benzene rings is 3. The van der Waals surface area contributed by atoms with Gasteiger partial charge in [-0.2, -0.15) is 0 Å². The second kappa shape index (κ2) is 20.1. The van der Waals surface area contributed by atoms with Crippen molar-refractivity contribution in [1.29, 1.82) is 0 Å². The van der Waals surface area contributed by atoms with Crippen LogP contribution in [0, 0.1) is 17.8 Å². The van der Waals surface area contributed by atoms with Crippen LogP contribution in [0.2, 0.25) is 0 Å². The Bertz CT molecular complexity index is 1170. The first-order valence-corrected chi connectivity index (χ1v) is 16.4. The zero-order chi connectivity index (χ0) is 31.7. The van der Waals surface area contributed by atoms with Gasteiger partial charge in [0.1, 0.15) is 0 Å². The van der Waals surface area contributed by atoms with Gasteiger partial charge in [0.15, 0.2) is 0 Å². The van der Waals surface area contributed by atoms with Gasteiger partial charge >= 0.3 is 0 Å². The van der Waals surface area contributed by atoms with Crippen molar-refractivity contribution in [3.8, 4) is 0 Å². The molecule has 42 heavy (non-hydrogen) atoms. The lowest BCUT2D eigenvalue weighted by Crippen LogP contribution is -1.94. The molecular weight excluding hydrogens is 504 g/mol. The Kier molecular flexibility index (Phi) is 17.8. The van der Waals surface area contributed by atoms with Gasteiger partial charge in [-0.1, -0.05) is 180 Å². The van der Waals surface area contributed by atoms with Crippen molar-refractivity contribution >= 4 is 12.2 Å². The number of allylic oxidation sites excluding steroid dienone is 2. The van der Waals surface area contributed by atoms with Crippen LogP contribution >= 0.6 is 0 Å². The third kappa shape index (κ3) is 16.5. The maximum Gasteiger partial charge on any atom is -0.0219 e. The second-order valence-electron chi connectivity index (χ2n) is 13.7. The molecule has 0 unspecified atom stereocenters. The second-order valence-corrected chi connectivity index (χ2v) is 13.7. The van der Waals surface area contributed by atoms with Crippen molar-refractivity contribution in [2.75, 3.05) is 0 Å². The van der Waals surface area contributed by atoms with E-state index in [-0.39, 0.29) is 0 Å². The minimum atomic E-state index is 0.613. The quantitative estimate of drug-likeness (QED) is 0.229. The maximum absolute atomic E-state index is 2.35. The SMILES string of the molecule is CC(C)/C=C/c1ccc(C(C)C)cc1.CC(C)/C=C/c1cccc(C(C)C)c1.CC(C)CCc1cccc(C(C)C)c1. The largest absolute Gasteiger partial charge is 0.0814 e. The summed E-state index contributed by atoms with van der Waals surface area (Å²) in [7, 11) is 0. The minimum Gasteiger partial charge on any atom is -0.0814 e. The molecule has 3 aromatic rings. The minimum absolute atomic E-state index is 0.613. The van der Waals surface area contributed by atoms with Crippen molar-refractivity contribution in [2.45, 2.75) is 114 Å². The van der Waals surface area contributed by atoms with E-state index >= 15 is 0 Å². The van der Waals surface area contributed by atoms with Crippen LogP contribution in [0.25, 0.3) is 12.2 Å². The Balaban J connectivity index is 0.000000315. The Morgan fingerprint density at radius 2 is 0.952 bits per heavy atom. The molecule has 0 saturated heterocycles. The van der Waals surface area contributed by atoms with Crippen molar-refractivity contribution in [1.82, 2.24) is 0 Å². The maximum atomic E-state index is 2.35. The molecule has 0 heteroatoms. The highest BCUT2D eigenvalue weighted by Gasteiger charge is 2.02. The van der Waals surface area contributed by atoms with Gasteiger partial charge in [-0.05, 0) is 81.7 Å². The third-order valence-corrected chi connectivity index (χ3v) is 7.16. The van der Waals surface area contributed by atoms with Crippen LogP contribution in [-0.2, 0) is 6.42 Å². The molecule has 3 aromatic carbocycles. The van der Waals surface area contributed by atoms with Gasteiger partial charge < -0.3 is 0 Å². The average Bonchev–Trinajstić information content (AvgIpc) is 2.95. The molecule has 230 valence electrons. The molecule has 0 amide bonds. The van der Waals surface area contributed by atoms with Crippen LogP contribution in [-0.4, -0.2) is 0 Å². The predicted octanol–water partition coefficient (Wildman–Crippen LogP) is 13.4. The van der Waals surface area contributed by atoms with Crippen molar-refractivity contribution in [2.24, 2.45) is 17.8 Å². The molecule has 0 fully saturated rings. The summed E-state index contributed by atoms with van der Waals surface area (Å²) in [6, 6.07) is 26.6. The van der Waals surface area contributed by atoms with Gasteiger partial charge in [0, 0.05) is 0 Å². The summed E-state index contributed by atoms with van der Waals surface area (Å²) >= 11 is 0. The first-order valence-electron chi connectivity index (χ1n) is 16.4. The van der Waals surface area contributed by atoms with Crippen molar-refractivity contribution < 1.29 is 0 Å². The molecule has 0 aliphatic rings. The van der Waals surface area contributed by atoms with Crippen molar-refractivity contribution in [3.05, 3.63) is 118 Å². The zero-order valence-electron chi connectivity index (χ0n) is 29.1. The van der Waals surface area contributed by atoms with Gasteiger partial charge in [-0.15, -0.1) is 0 Å². The summed E-state index contributed by atoms with van der Waals surface area (Å²) in [5, 5.41) is 0. The standard InChI is InChI=1S/C14H20.C14H22.C14H20/c1-11(2)5-6-13-7-9-14(10-8-13)12(3)4;2*1-11(2)8-9-13-6-5-7-14(10-13)12(3)4/h5-12H,1-4H3;5-7,10-12H,8-9H2,1-4H3;5-12H,1-4H3/b6-5+;;9-8+. The van der Waals surface area contributed by atoms with Gasteiger partial charge in [0.2, 0.25) is 0 Å². The van der Waals surface area contributed by atoms with Crippen LogP contribution in [0.15, 0.2) is 84.9 Å². The van der Waals surface area contributed by atoms with E-state index < -0.39 is 0 Å². The normalized spacial score (nSPS) is 11.7. The van der Waals surface area contributed by atoms with Gasteiger partial charge in [-0.25, -0.2) is 0 Å². The molecule has 0 bridgehead atoms. The number of hydrogen-bond donors (Lipinski definition) is 0. The number of aryl methyl sites for hydroxylation is 1. The Hall–Kier alpha value is -2.86.